The maximum atomic E-state index is 12.3. The molecule has 20 heavy (non-hydrogen) atoms. The van der Waals surface area contributed by atoms with Crippen LogP contribution in [0.2, 0.25) is 0 Å². The van der Waals surface area contributed by atoms with Gasteiger partial charge in [0.15, 0.2) is 0 Å². The van der Waals surface area contributed by atoms with E-state index in [0.29, 0.717) is 28.1 Å². The summed E-state index contributed by atoms with van der Waals surface area (Å²) in [5.41, 5.74) is 1.25. The van der Waals surface area contributed by atoms with E-state index in [-0.39, 0.29) is 11.5 Å². The third-order valence-corrected chi connectivity index (χ3v) is 6.31. The highest BCUT2D eigenvalue weighted by Crippen LogP contribution is 2.29. The summed E-state index contributed by atoms with van der Waals surface area (Å²) >= 11 is 3.34. The Kier molecular flexibility index (Phi) is 5.23. The van der Waals surface area contributed by atoms with Gasteiger partial charge in [0.05, 0.1) is 11.5 Å². The van der Waals surface area contributed by atoms with Gasteiger partial charge in [-0.05, 0) is 42.5 Å². The van der Waals surface area contributed by atoms with Crippen molar-refractivity contribution in [2.75, 3.05) is 6.54 Å². The molecule has 0 saturated heterocycles. The van der Waals surface area contributed by atoms with Crippen molar-refractivity contribution in [1.29, 1.82) is 0 Å². The molecule has 6 heteroatoms. The number of aliphatic hydroxyl groups is 1. The van der Waals surface area contributed by atoms with E-state index in [4.69, 9.17) is 0 Å². The predicted molar refractivity (Wildman–Crippen MR) is 81.9 cm³/mol. The number of hydrogen-bond donors (Lipinski definition) is 2. The summed E-state index contributed by atoms with van der Waals surface area (Å²) in [6, 6.07) is 3.27. The van der Waals surface area contributed by atoms with Crippen LogP contribution in [-0.4, -0.2) is 20.1 Å². The average Bonchev–Trinajstić information content (AvgIpc) is 2.35. The van der Waals surface area contributed by atoms with Crippen molar-refractivity contribution in [3.8, 4) is 0 Å². The van der Waals surface area contributed by atoms with Crippen LogP contribution in [0.15, 0.2) is 21.5 Å². The fourth-order valence-electron chi connectivity index (χ4n) is 2.33. The van der Waals surface area contributed by atoms with Crippen molar-refractivity contribution in [3.63, 3.8) is 0 Å². The van der Waals surface area contributed by atoms with E-state index in [2.05, 4.69) is 20.7 Å². The second-order valence-corrected chi connectivity index (χ2v) is 7.93. The quantitative estimate of drug-likeness (QED) is 0.818. The third-order valence-electron chi connectivity index (χ3n) is 3.90. The monoisotopic (exact) mass is 361 g/mol. The van der Waals surface area contributed by atoms with Crippen LogP contribution in [0.25, 0.3) is 0 Å². The van der Waals surface area contributed by atoms with Gasteiger partial charge < -0.3 is 5.11 Å². The standard InChI is InChI=1S/C14H20BrNO3S/c1-10-13(15)7-12(9-17)8-14(10)20(18,19)16-6-5-11-3-2-4-11/h7-8,11,16-17H,2-6,9H2,1H3. The van der Waals surface area contributed by atoms with Crippen LogP contribution >= 0.6 is 15.9 Å². The summed E-state index contributed by atoms with van der Waals surface area (Å²) < 4.78 is 28.1. The lowest BCUT2D eigenvalue weighted by molar-refractivity contribution is 0.281. The van der Waals surface area contributed by atoms with Crippen molar-refractivity contribution >= 4 is 26.0 Å². The molecule has 0 heterocycles. The Morgan fingerprint density at radius 3 is 2.65 bits per heavy atom. The molecule has 2 N–H and O–H groups in total. The summed E-state index contributed by atoms with van der Waals surface area (Å²) in [6.07, 6.45) is 4.60. The zero-order valence-corrected chi connectivity index (χ0v) is 13.9. The van der Waals surface area contributed by atoms with Crippen LogP contribution in [0.3, 0.4) is 0 Å². The molecule has 0 radical (unpaired) electrons. The highest BCUT2D eigenvalue weighted by atomic mass is 79.9. The molecule has 0 atom stereocenters. The first-order chi connectivity index (χ1) is 9.44. The normalized spacial score (nSPS) is 16.1. The van der Waals surface area contributed by atoms with E-state index in [1.54, 1.807) is 13.0 Å². The molecule has 0 aromatic heterocycles. The van der Waals surface area contributed by atoms with Crippen molar-refractivity contribution < 1.29 is 13.5 Å². The van der Waals surface area contributed by atoms with Crippen LogP contribution in [0.5, 0.6) is 0 Å². The number of nitrogens with one attached hydrogen (secondary N) is 1. The molecule has 0 aliphatic heterocycles. The Morgan fingerprint density at radius 1 is 1.40 bits per heavy atom. The largest absolute Gasteiger partial charge is 0.392 e. The second-order valence-electron chi connectivity index (χ2n) is 5.34. The molecule has 112 valence electrons. The number of sulfonamides is 1. The molecule has 1 fully saturated rings. The van der Waals surface area contributed by atoms with E-state index >= 15 is 0 Å². The Morgan fingerprint density at radius 2 is 2.10 bits per heavy atom. The molecule has 0 bridgehead atoms. The van der Waals surface area contributed by atoms with Crippen LogP contribution in [0.4, 0.5) is 0 Å². The van der Waals surface area contributed by atoms with Crippen LogP contribution in [0.1, 0.15) is 36.8 Å². The summed E-state index contributed by atoms with van der Waals surface area (Å²) in [7, 11) is -3.52. The highest BCUT2D eigenvalue weighted by Gasteiger charge is 2.21. The number of aliphatic hydroxyl groups excluding tert-OH is 1. The molecule has 0 amide bonds. The first-order valence-electron chi connectivity index (χ1n) is 6.83. The molecular weight excluding hydrogens is 342 g/mol. The SMILES string of the molecule is Cc1c(Br)cc(CO)cc1S(=O)(=O)NCCC1CCC1. The minimum Gasteiger partial charge on any atom is -0.392 e. The van der Waals surface area contributed by atoms with E-state index in [1.807, 2.05) is 0 Å². The fourth-order valence-corrected chi connectivity index (χ4v) is 4.33. The van der Waals surface area contributed by atoms with Crippen molar-refractivity contribution in [2.45, 2.75) is 44.1 Å². The maximum absolute atomic E-state index is 12.3. The molecule has 1 aromatic carbocycles. The van der Waals surface area contributed by atoms with Gasteiger partial charge in [-0.2, -0.15) is 0 Å². The summed E-state index contributed by atoms with van der Waals surface area (Å²) in [6.45, 7) is 2.06. The van der Waals surface area contributed by atoms with Crippen molar-refractivity contribution in [1.82, 2.24) is 4.72 Å². The minimum absolute atomic E-state index is 0.177. The molecule has 0 spiro atoms. The van der Waals surface area contributed by atoms with E-state index < -0.39 is 10.0 Å². The van der Waals surface area contributed by atoms with Crippen molar-refractivity contribution in [3.05, 3.63) is 27.7 Å². The molecular formula is C14H20BrNO3S. The third kappa shape index (κ3) is 3.61. The van der Waals surface area contributed by atoms with Gasteiger partial charge in [0.25, 0.3) is 0 Å². The smallest absolute Gasteiger partial charge is 0.240 e. The maximum Gasteiger partial charge on any atom is 0.240 e. The Labute approximate surface area is 128 Å². The lowest BCUT2D eigenvalue weighted by Gasteiger charge is -2.25. The average molecular weight is 362 g/mol. The van der Waals surface area contributed by atoms with E-state index in [1.165, 1.54) is 25.3 Å². The molecule has 1 aliphatic rings. The van der Waals surface area contributed by atoms with Crippen molar-refractivity contribution in [2.24, 2.45) is 5.92 Å². The van der Waals surface area contributed by atoms with Gasteiger partial charge in [-0.25, -0.2) is 13.1 Å². The van der Waals surface area contributed by atoms with Gasteiger partial charge >= 0.3 is 0 Å². The Balaban J connectivity index is 2.13. The molecule has 1 aromatic rings. The fraction of sp³-hybridized carbons (Fsp3) is 0.571. The Bertz CT molecular complexity index is 582. The van der Waals surface area contributed by atoms with Gasteiger partial charge in [-0.3, -0.25) is 0 Å². The first-order valence-corrected chi connectivity index (χ1v) is 9.11. The molecule has 1 saturated carbocycles. The number of benzene rings is 1. The van der Waals surface area contributed by atoms with Gasteiger partial charge in [0.2, 0.25) is 10.0 Å². The van der Waals surface area contributed by atoms with Gasteiger partial charge in [-0.1, -0.05) is 35.2 Å². The number of halogens is 1. The number of hydrogen-bond acceptors (Lipinski definition) is 3. The van der Waals surface area contributed by atoms with Gasteiger partial charge in [0, 0.05) is 11.0 Å². The van der Waals surface area contributed by atoms with E-state index in [9.17, 15) is 13.5 Å². The van der Waals surface area contributed by atoms with Gasteiger partial charge in [0.1, 0.15) is 0 Å². The zero-order valence-electron chi connectivity index (χ0n) is 11.5. The molecule has 2 rings (SSSR count). The highest BCUT2D eigenvalue weighted by molar-refractivity contribution is 9.10. The predicted octanol–water partition coefficient (Wildman–Crippen LogP) is 2.72. The van der Waals surface area contributed by atoms with Gasteiger partial charge in [-0.15, -0.1) is 0 Å². The summed E-state index contributed by atoms with van der Waals surface area (Å²) in [5, 5.41) is 9.20. The first kappa shape index (κ1) is 15.9. The van der Waals surface area contributed by atoms with Crippen LogP contribution in [0, 0.1) is 12.8 Å². The Hall–Kier alpha value is -0.430. The van der Waals surface area contributed by atoms with E-state index in [0.717, 1.165) is 6.42 Å². The van der Waals surface area contributed by atoms with Crippen LogP contribution in [-0.2, 0) is 16.6 Å². The topological polar surface area (TPSA) is 66.4 Å². The number of rotatable bonds is 6. The summed E-state index contributed by atoms with van der Waals surface area (Å²) in [4.78, 5) is 0.240. The minimum atomic E-state index is -3.52. The second kappa shape index (κ2) is 6.56. The lowest BCUT2D eigenvalue weighted by atomic mass is 9.83. The molecule has 1 aliphatic carbocycles. The zero-order chi connectivity index (χ0) is 14.8. The molecule has 0 unspecified atom stereocenters. The molecule has 4 nitrogen and oxygen atoms in total. The summed E-state index contributed by atoms with van der Waals surface area (Å²) in [5.74, 6) is 0.675. The lowest BCUT2D eigenvalue weighted by Crippen LogP contribution is -2.28. The van der Waals surface area contributed by atoms with Crippen LogP contribution < -0.4 is 4.72 Å².